The zero-order chi connectivity index (χ0) is 25.9. The van der Waals surface area contributed by atoms with Gasteiger partial charge in [0.1, 0.15) is 12.1 Å². The number of aromatic nitrogens is 3. The van der Waals surface area contributed by atoms with E-state index in [0.717, 1.165) is 6.07 Å². The minimum Gasteiger partial charge on any atom is -0.340 e. The van der Waals surface area contributed by atoms with Gasteiger partial charge in [0.05, 0.1) is 21.7 Å². The summed E-state index contributed by atoms with van der Waals surface area (Å²) in [5.74, 6) is 0.361. The fourth-order valence-electron chi connectivity index (χ4n) is 3.40. The number of fused-ring (bicyclic) bond motifs is 1. The second kappa shape index (κ2) is 9.77. The molecule has 36 heavy (non-hydrogen) atoms. The van der Waals surface area contributed by atoms with Gasteiger partial charge in [0, 0.05) is 29.4 Å². The van der Waals surface area contributed by atoms with Gasteiger partial charge in [0.2, 0.25) is 0 Å². The van der Waals surface area contributed by atoms with Crippen molar-refractivity contribution in [2.75, 3.05) is 11.9 Å². The van der Waals surface area contributed by atoms with E-state index in [-0.39, 0.29) is 22.7 Å². The molecule has 0 aliphatic heterocycles. The highest BCUT2D eigenvalue weighted by Gasteiger charge is 2.34. The average molecular weight is 517 g/mol. The first-order chi connectivity index (χ1) is 17.1. The number of sulfonamides is 1. The second-order valence-electron chi connectivity index (χ2n) is 7.47. The molecule has 2 aromatic heterocycles. The molecule has 0 unspecified atom stereocenters. The summed E-state index contributed by atoms with van der Waals surface area (Å²) >= 11 is 0. The van der Waals surface area contributed by atoms with Crippen LogP contribution in [0.5, 0.6) is 0 Å². The number of nitrogens with zero attached hydrogens (tertiary/aromatic N) is 3. The average Bonchev–Trinajstić information content (AvgIpc) is 2.83. The van der Waals surface area contributed by atoms with Gasteiger partial charge in [0.25, 0.3) is 10.0 Å². The van der Waals surface area contributed by atoms with Crippen molar-refractivity contribution in [2.45, 2.75) is 18.0 Å². The smallest absolute Gasteiger partial charge is 0.340 e. The zero-order valence-electron chi connectivity index (χ0n) is 18.7. The zero-order valence-corrected chi connectivity index (χ0v) is 19.5. The number of anilines is 2. The maximum Gasteiger partial charge on any atom is 0.418 e. The summed E-state index contributed by atoms with van der Waals surface area (Å²) in [4.78, 5) is 23.7. The summed E-state index contributed by atoms with van der Waals surface area (Å²) in [6.07, 6.45) is -2.02. The van der Waals surface area contributed by atoms with E-state index in [9.17, 15) is 26.4 Å². The number of halogens is 3. The quantitative estimate of drug-likeness (QED) is 0.345. The summed E-state index contributed by atoms with van der Waals surface area (Å²) in [5.41, 5.74) is 0.0509. The molecule has 0 spiro atoms. The Labute approximate surface area is 203 Å². The third kappa shape index (κ3) is 5.35. The van der Waals surface area contributed by atoms with Crippen molar-refractivity contribution in [2.24, 2.45) is 0 Å². The lowest BCUT2D eigenvalue weighted by Crippen LogP contribution is -2.39. The number of rotatable bonds is 6. The Morgan fingerprint density at radius 1 is 1.00 bits per heavy atom. The van der Waals surface area contributed by atoms with E-state index in [1.54, 1.807) is 13.0 Å². The van der Waals surface area contributed by atoms with Gasteiger partial charge in [0.15, 0.2) is 0 Å². The summed E-state index contributed by atoms with van der Waals surface area (Å²) in [6.45, 7) is 1.92. The van der Waals surface area contributed by atoms with Crippen LogP contribution in [0, 0.1) is 0 Å². The third-order valence-corrected chi connectivity index (χ3v) is 6.36. The topological polar surface area (TPSA) is 126 Å². The number of hydrogen-bond acceptors (Lipinski definition) is 7. The van der Waals surface area contributed by atoms with Crippen LogP contribution in [0.4, 0.5) is 29.5 Å². The third-order valence-electron chi connectivity index (χ3n) is 5.01. The van der Waals surface area contributed by atoms with Crippen molar-refractivity contribution in [3.8, 4) is 11.3 Å². The number of benzene rings is 2. The monoisotopic (exact) mass is 516 g/mol. The van der Waals surface area contributed by atoms with E-state index >= 15 is 0 Å². The van der Waals surface area contributed by atoms with Gasteiger partial charge in [-0.2, -0.15) is 13.2 Å². The van der Waals surface area contributed by atoms with Crippen LogP contribution in [-0.2, 0) is 16.2 Å². The first-order valence-corrected chi connectivity index (χ1v) is 12.0. The van der Waals surface area contributed by atoms with Crippen LogP contribution in [0.25, 0.3) is 22.2 Å². The molecule has 3 N–H and O–H groups in total. The highest BCUT2D eigenvalue weighted by Crippen LogP contribution is 2.36. The summed E-state index contributed by atoms with van der Waals surface area (Å²) in [6, 6.07) is 11.5. The molecule has 0 aliphatic carbocycles. The maximum absolute atomic E-state index is 13.4. The Morgan fingerprint density at radius 3 is 2.44 bits per heavy atom. The molecular formula is C23H19F3N6O3S. The molecule has 0 saturated carbocycles. The van der Waals surface area contributed by atoms with Crippen LogP contribution in [0.15, 0.2) is 72.0 Å². The van der Waals surface area contributed by atoms with Crippen molar-refractivity contribution < 1.29 is 26.4 Å². The molecule has 186 valence electrons. The normalized spacial score (nSPS) is 11.8. The lowest BCUT2D eigenvalue weighted by atomic mass is 10.0. The van der Waals surface area contributed by atoms with Gasteiger partial charge >= 0.3 is 12.2 Å². The van der Waals surface area contributed by atoms with Crippen molar-refractivity contribution in [3.05, 3.63) is 72.7 Å². The number of amides is 2. The largest absolute Gasteiger partial charge is 0.418 e. The van der Waals surface area contributed by atoms with Crippen LogP contribution in [0.1, 0.15) is 12.5 Å². The van der Waals surface area contributed by atoms with Gasteiger partial charge in [-0.3, -0.25) is 4.98 Å². The Hall–Kier alpha value is -4.26. The SMILES string of the molecule is CCNC(=O)NS(=O)(=O)c1ccc(Nc2ncnc3cc(-c4ncccc4C(F)(F)F)ccc23)cc1. The molecular weight excluding hydrogens is 497 g/mol. The van der Waals surface area contributed by atoms with Gasteiger partial charge < -0.3 is 10.6 Å². The van der Waals surface area contributed by atoms with Crippen LogP contribution in [-0.4, -0.2) is 35.9 Å². The molecule has 0 radical (unpaired) electrons. The molecule has 0 bridgehead atoms. The molecule has 2 heterocycles. The van der Waals surface area contributed by atoms with Gasteiger partial charge in [-0.05, 0) is 55.5 Å². The van der Waals surface area contributed by atoms with Crippen LogP contribution in [0.2, 0.25) is 0 Å². The lowest BCUT2D eigenvalue weighted by molar-refractivity contribution is -0.137. The minimum absolute atomic E-state index is 0.118. The van der Waals surface area contributed by atoms with E-state index in [0.29, 0.717) is 22.4 Å². The highest BCUT2D eigenvalue weighted by atomic mass is 32.2. The molecule has 0 atom stereocenters. The van der Waals surface area contributed by atoms with E-state index in [4.69, 9.17) is 0 Å². The Balaban J connectivity index is 1.61. The number of nitrogens with one attached hydrogen (secondary N) is 3. The number of hydrogen-bond donors (Lipinski definition) is 3. The molecule has 0 aliphatic rings. The molecule has 9 nitrogen and oxygen atoms in total. The van der Waals surface area contributed by atoms with E-state index in [1.807, 2.05) is 4.72 Å². The summed E-state index contributed by atoms with van der Waals surface area (Å²) < 4.78 is 66.8. The van der Waals surface area contributed by atoms with Crippen molar-refractivity contribution in [1.82, 2.24) is 25.0 Å². The van der Waals surface area contributed by atoms with E-state index in [2.05, 4.69) is 25.6 Å². The Bertz CT molecular complexity index is 1530. The molecule has 13 heteroatoms. The van der Waals surface area contributed by atoms with Crippen LogP contribution in [0.3, 0.4) is 0 Å². The van der Waals surface area contributed by atoms with Crippen molar-refractivity contribution in [1.29, 1.82) is 0 Å². The predicted octanol–water partition coefficient (Wildman–Crippen LogP) is 4.46. The molecule has 2 amide bonds. The number of urea groups is 1. The minimum atomic E-state index is -4.56. The first-order valence-electron chi connectivity index (χ1n) is 10.5. The van der Waals surface area contributed by atoms with Gasteiger partial charge in [-0.25, -0.2) is 27.9 Å². The van der Waals surface area contributed by atoms with Crippen molar-refractivity contribution in [3.63, 3.8) is 0 Å². The van der Waals surface area contributed by atoms with Crippen molar-refractivity contribution >= 4 is 38.5 Å². The summed E-state index contributed by atoms with van der Waals surface area (Å²) in [5, 5.41) is 5.91. The van der Waals surface area contributed by atoms with Gasteiger partial charge in [-0.1, -0.05) is 6.07 Å². The second-order valence-corrected chi connectivity index (χ2v) is 9.15. The molecule has 0 fully saturated rings. The lowest BCUT2D eigenvalue weighted by Gasteiger charge is -2.13. The van der Waals surface area contributed by atoms with E-state index < -0.39 is 27.8 Å². The number of carbonyl (C=O) groups excluding carboxylic acids is 1. The molecule has 4 aromatic rings. The standard InChI is InChI=1S/C23H19F3N6O3S/c1-2-27-22(33)32-36(34,35)16-8-6-15(7-9-16)31-21-17-10-5-14(12-19(17)29-13-30-21)20-18(23(24,25)26)4-3-11-28-20/h3-13H,2H2,1H3,(H2,27,32,33)(H,29,30,31). The molecule has 2 aromatic carbocycles. The maximum atomic E-state index is 13.4. The van der Waals surface area contributed by atoms with Crippen LogP contribution >= 0.6 is 0 Å². The molecule has 4 rings (SSSR count). The van der Waals surface area contributed by atoms with E-state index in [1.165, 1.54) is 55.0 Å². The Kier molecular flexibility index (Phi) is 6.75. The van der Waals surface area contributed by atoms with Crippen LogP contribution < -0.4 is 15.4 Å². The summed E-state index contributed by atoms with van der Waals surface area (Å²) in [7, 11) is -4.05. The first kappa shape index (κ1) is 24.9. The fourth-order valence-corrected chi connectivity index (χ4v) is 4.33. The number of pyridine rings is 1. The highest BCUT2D eigenvalue weighted by molar-refractivity contribution is 7.90. The predicted molar refractivity (Wildman–Crippen MR) is 127 cm³/mol. The fraction of sp³-hybridized carbons (Fsp3) is 0.130. The number of alkyl halides is 3. The Morgan fingerprint density at radius 2 is 1.75 bits per heavy atom. The number of carbonyl (C=O) groups is 1. The van der Waals surface area contributed by atoms with Gasteiger partial charge in [-0.15, -0.1) is 0 Å². The molecule has 0 saturated heterocycles.